The van der Waals surface area contributed by atoms with Gasteiger partial charge in [0.25, 0.3) is 0 Å². The Hall–Kier alpha value is 0.470. The fourth-order valence-corrected chi connectivity index (χ4v) is 0.657. The van der Waals surface area contributed by atoms with Crippen LogP contribution in [0, 0.1) is 0 Å². The van der Waals surface area contributed by atoms with Gasteiger partial charge in [-0.2, -0.15) is 0 Å². The summed E-state index contributed by atoms with van der Waals surface area (Å²) >= 11 is 0. The SMILES string of the molecule is CCN1C=NCC1.[Na+]. The van der Waals surface area contributed by atoms with Gasteiger partial charge in [-0.3, -0.25) is 4.99 Å². The molecule has 0 N–H and O–H groups in total. The molecule has 40 valence electrons. The summed E-state index contributed by atoms with van der Waals surface area (Å²) in [4.78, 5) is 6.23. The normalized spacial score (nSPS) is 16.4. The van der Waals surface area contributed by atoms with Crippen molar-refractivity contribution in [3.8, 4) is 0 Å². The van der Waals surface area contributed by atoms with Crippen LogP contribution in [0.5, 0.6) is 0 Å². The van der Waals surface area contributed by atoms with E-state index in [0.717, 1.165) is 19.6 Å². The number of likely N-dealkylation sites (N-methyl/N-ethyl adjacent to an activating group) is 1. The van der Waals surface area contributed by atoms with Crippen molar-refractivity contribution >= 4 is 6.34 Å². The second-order valence-corrected chi connectivity index (χ2v) is 1.65. The van der Waals surface area contributed by atoms with Crippen LogP contribution in [-0.4, -0.2) is 30.9 Å². The molecule has 0 unspecified atom stereocenters. The molecule has 1 rings (SSSR count). The van der Waals surface area contributed by atoms with E-state index >= 15 is 0 Å². The number of hydrogen-bond donors (Lipinski definition) is 0. The van der Waals surface area contributed by atoms with Gasteiger partial charge in [-0.25, -0.2) is 0 Å². The molecule has 0 spiro atoms. The number of nitrogens with zero attached hydrogens (tertiary/aromatic N) is 2. The second-order valence-electron chi connectivity index (χ2n) is 1.65. The Morgan fingerprint density at radius 2 is 2.50 bits per heavy atom. The van der Waals surface area contributed by atoms with E-state index in [9.17, 15) is 0 Å². The van der Waals surface area contributed by atoms with E-state index in [2.05, 4.69) is 16.8 Å². The van der Waals surface area contributed by atoms with Crippen molar-refractivity contribution in [3.63, 3.8) is 0 Å². The van der Waals surface area contributed by atoms with Crippen molar-refractivity contribution in [2.24, 2.45) is 4.99 Å². The molecule has 0 bridgehead atoms. The summed E-state index contributed by atoms with van der Waals surface area (Å²) in [5.74, 6) is 0. The molecule has 0 fully saturated rings. The third-order valence-corrected chi connectivity index (χ3v) is 1.17. The third-order valence-electron chi connectivity index (χ3n) is 1.17. The molecule has 0 radical (unpaired) electrons. The Bertz CT molecular complexity index is 82.5. The van der Waals surface area contributed by atoms with Crippen LogP contribution < -0.4 is 29.6 Å². The molecule has 0 atom stereocenters. The molecule has 3 heteroatoms. The van der Waals surface area contributed by atoms with E-state index in [1.54, 1.807) is 0 Å². The topological polar surface area (TPSA) is 15.6 Å². The molecule has 0 saturated carbocycles. The fraction of sp³-hybridized carbons (Fsp3) is 0.800. The number of aliphatic imine (C=N–C) groups is 1. The van der Waals surface area contributed by atoms with Crippen molar-refractivity contribution < 1.29 is 29.6 Å². The van der Waals surface area contributed by atoms with Gasteiger partial charge >= 0.3 is 29.6 Å². The maximum atomic E-state index is 4.04. The van der Waals surface area contributed by atoms with Gasteiger partial charge < -0.3 is 4.90 Å². The van der Waals surface area contributed by atoms with Crippen LogP contribution in [-0.2, 0) is 0 Å². The molecule has 0 aliphatic carbocycles. The Labute approximate surface area is 72.3 Å². The average Bonchev–Trinajstić information content (AvgIpc) is 2.14. The summed E-state index contributed by atoms with van der Waals surface area (Å²) in [7, 11) is 0. The minimum absolute atomic E-state index is 0. The Morgan fingerprint density at radius 3 is 2.75 bits per heavy atom. The average molecular weight is 121 g/mol. The molecule has 1 aliphatic rings. The molecule has 0 aromatic heterocycles. The van der Waals surface area contributed by atoms with Crippen LogP contribution in [0.15, 0.2) is 4.99 Å². The molecule has 0 aromatic carbocycles. The van der Waals surface area contributed by atoms with Gasteiger partial charge in [0.15, 0.2) is 0 Å². The zero-order valence-corrected chi connectivity index (χ0v) is 7.59. The summed E-state index contributed by atoms with van der Waals surface area (Å²) in [6.07, 6.45) is 1.92. The summed E-state index contributed by atoms with van der Waals surface area (Å²) in [6.45, 7) is 5.35. The minimum atomic E-state index is 0. The summed E-state index contributed by atoms with van der Waals surface area (Å²) < 4.78 is 0. The Balaban J connectivity index is 0.000000490. The molecule has 0 aromatic rings. The van der Waals surface area contributed by atoms with Gasteiger partial charge in [0.1, 0.15) is 0 Å². The molecular formula is C5H10N2Na+. The first-order valence-corrected chi connectivity index (χ1v) is 2.67. The maximum Gasteiger partial charge on any atom is 1.00 e. The predicted molar refractivity (Wildman–Crippen MR) is 30.6 cm³/mol. The van der Waals surface area contributed by atoms with Crippen molar-refractivity contribution in [1.29, 1.82) is 0 Å². The monoisotopic (exact) mass is 121 g/mol. The zero-order chi connectivity index (χ0) is 5.11. The molecule has 2 nitrogen and oxygen atoms in total. The van der Waals surface area contributed by atoms with Crippen LogP contribution >= 0.6 is 0 Å². The van der Waals surface area contributed by atoms with E-state index in [1.165, 1.54) is 0 Å². The van der Waals surface area contributed by atoms with Crippen molar-refractivity contribution in [1.82, 2.24) is 4.90 Å². The summed E-state index contributed by atoms with van der Waals surface area (Å²) in [5, 5.41) is 0. The van der Waals surface area contributed by atoms with Crippen LogP contribution in [0.1, 0.15) is 6.92 Å². The van der Waals surface area contributed by atoms with Gasteiger partial charge in [-0.1, -0.05) is 0 Å². The minimum Gasteiger partial charge on any atom is -0.361 e. The van der Waals surface area contributed by atoms with Gasteiger partial charge in [-0.05, 0) is 6.92 Å². The molecule has 0 amide bonds. The Morgan fingerprint density at radius 1 is 1.75 bits per heavy atom. The smallest absolute Gasteiger partial charge is 0.361 e. The Kier molecular flexibility index (Phi) is 4.61. The molecule has 1 aliphatic heterocycles. The van der Waals surface area contributed by atoms with Crippen molar-refractivity contribution in [2.45, 2.75) is 6.92 Å². The fourth-order valence-electron chi connectivity index (χ4n) is 0.657. The first kappa shape index (κ1) is 8.47. The van der Waals surface area contributed by atoms with Crippen LogP contribution in [0.4, 0.5) is 0 Å². The zero-order valence-electron chi connectivity index (χ0n) is 5.59. The van der Waals surface area contributed by atoms with E-state index in [-0.39, 0.29) is 29.6 Å². The molecular weight excluding hydrogens is 111 g/mol. The van der Waals surface area contributed by atoms with E-state index in [0.29, 0.717) is 0 Å². The molecule has 0 saturated heterocycles. The van der Waals surface area contributed by atoms with E-state index in [4.69, 9.17) is 0 Å². The van der Waals surface area contributed by atoms with Crippen molar-refractivity contribution in [3.05, 3.63) is 0 Å². The predicted octanol–water partition coefficient (Wildman–Crippen LogP) is -2.65. The van der Waals surface area contributed by atoms with Gasteiger partial charge in [0.05, 0.1) is 12.9 Å². The van der Waals surface area contributed by atoms with E-state index in [1.807, 2.05) is 6.34 Å². The summed E-state index contributed by atoms with van der Waals surface area (Å²) in [5.41, 5.74) is 0. The maximum absolute atomic E-state index is 4.04. The molecule has 1 heterocycles. The van der Waals surface area contributed by atoms with Gasteiger partial charge in [0, 0.05) is 13.1 Å². The van der Waals surface area contributed by atoms with Crippen LogP contribution in [0.2, 0.25) is 0 Å². The van der Waals surface area contributed by atoms with Gasteiger partial charge in [-0.15, -0.1) is 0 Å². The van der Waals surface area contributed by atoms with E-state index < -0.39 is 0 Å². The van der Waals surface area contributed by atoms with Crippen LogP contribution in [0.3, 0.4) is 0 Å². The second kappa shape index (κ2) is 4.36. The third kappa shape index (κ3) is 2.16. The standard InChI is InChI=1S/C5H10N2.Na/c1-2-7-4-3-6-5-7;/h5H,2-4H2,1H3;/q;+1. The number of hydrogen-bond acceptors (Lipinski definition) is 2. The van der Waals surface area contributed by atoms with Crippen molar-refractivity contribution in [2.75, 3.05) is 19.6 Å². The largest absolute Gasteiger partial charge is 1.00 e. The quantitative estimate of drug-likeness (QED) is 0.346. The summed E-state index contributed by atoms with van der Waals surface area (Å²) in [6, 6.07) is 0. The first-order chi connectivity index (χ1) is 3.43. The van der Waals surface area contributed by atoms with Gasteiger partial charge in [0.2, 0.25) is 0 Å². The van der Waals surface area contributed by atoms with Crippen LogP contribution in [0.25, 0.3) is 0 Å². The number of rotatable bonds is 1. The molecule has 8 heavy (non-hydrogen) atoms. The first-order valence-electron chi connectivity index (χ1n) is 2.67.